The maximum absolute atomic E-state index is 11.6. The minimum atomic E-state index is -1.23. The molecule has 0 amide bonds. The Morgan fingerprint density at radius 1 is 1.09 bits per heavy atom. The summed E-state index contributed by atoms with van der Waals surface area (Å²) in [7, 11) is 0. The number of nitro groups is 1. The van der Waals surface area contributed by atoms with E-state index in [-0.39, 0.29) is 44.7 Å². The van der Waals surface area contributed by atoms with Crippen molar-refractivity contribution >= 4 is 52.3 Å². The van der Waals surface area contributed by atoms with Crippen LogP contribution in [0.3, 0.4) is 0 Å². The van der Waals surface area contributed by atoms with Crippen LogP contribution in [0.15, 0.2) is 71.6 Å². The van der Waals surface area contributed by atoms with E-state index in [1.165, 1.54) is 17.8 Å². The van der Waals surface area contributed by atoms with Gasteiger partial charge in [-0.2, -0.15) is 0 Å². The molecule has 6 nitrogen and oxygen atoms in total. The number of carbonyl (C=O) groups excluding carboxylic acids is 1. The first-order valence-electron chi connectivity index (χ1n) is 10.8. The van der Waals surface area contributed by atoms with Gasteiger partial charge in [0.25, 0.3) is 5.69 Å². The molecule has 0 bridgehead atoms. The van der Waals surface area contributed by atoms with Gasteiger partial charge in [-0.25, -0.2) is 0 Å². The monoisotopic (exact) mass is 514 g/mol. The highest BCUT2D eigenvalue weighted by Gasteiger charge is 2.52. The van der Waals surface area contributed by atoms with E-state index in [1.807, 2.05) is 30.3 Å². The number of benzene rings is 3. The van der Waals surface area contributed by atoms with Crippen molar-refractivity contribution in [3.05, 3.63) is 98.6 Å². The number of carbonyl (C=O) groups is 1. The molecule has 5 unspecified atom stereocenters. The van der Waals surface area contributed by atoms with Gasteiger partial charge in [0.2, 0.25) is 0 Å². The van der Waals surface area contributed by atoms with Gasteiger partial charge in [0, 0.05) is 39.3 Å². The van der Waals surface area contributed by atoms with Crippen LogP contribution in [0.4, 0.5) is 11.4 Å². The zero-order chi connectivity index (χ0) is 24.0. The normalized spacial score (nSPS) is 25.4. The Kier molecular flexibility index (Phi) is 6.29. The van der Waals surface area contributed by atoms with E-state index in [9.17, 15) is 20.0 Å². The highest BCUT2D eigenvalue weighted by molar-refractivity contribution is 8.00. The number of nitrogens with zero attached hydrogens (tertiary/aromatic N) is 1. The van der Waals surface area contributed by atoms with Gasteiger partial charge in [-0.15, -0.1) is 23.4 Å². The summed E-state index contributed by atoms with van der Waals surface area (Å²) >= 11 is 14.6. The molecular formula is C25H20Cl2N2O4S. The zero-order valence-electron chi connectivity index (χ0n) is 17.8. The lowest BCUT2D eigenvalue weighted by Gasteiger charge is -2.34. The Bertz CT molecular complexity index is 1270. The summed E-state index contributed by atoms with van der Waals surface area (Å²) in [5.41, 5.74) is 3.13. The minimum absolute atomic E-state index is 0.0566. The van der Waals surface area contributed by atoms with Crippen LogP contribution >= 0.6 is 35.0 Å². The molecule has 1 saturated carbocycles. The number of aromatic carboxylic acids is 1. The Hall–Kier alpha value is -2.58. The van der Waals surface area contributed by atoms with E-state index in [4.69, 9.17) is 23.2 Å². The summed E-state index contributed by atoms with van der Waals surface area (Å²) in [4.78, 5) is 23.3. The highest BCUT2D eigenvalue weighted by atomic mass is 35.5. The molecule has 2 N–H and O–H groups in total. The van der Waals surface area contributed by atoms with Crippen molar-refractivity contribution in [3.63, 3.8) is 0 Å². The highest BCUT2D eigenvalue weighted by Crippen LogP contribution is 2.55. The maximum Gasteiger partial charge on any atom is 0.282 e. The van der Waals surface area contributed by atoms with E-state index in [1.54, 1.807) is 30.3 Å². The van der Waals surface area contributed by atoms with Crippen LogP contribution in [0, 0.1) is 16.0 Å². The summed E-state index contributed by atoms with van der Waals surface area (Å²) in [5, 5.41) is 25.5. The van der Waals surface area contributed by atoms with E-state index in [0.717, 1.165) is 23.2 Å². The van der Waals surface area contributed by atoms with E-state index in [2.05, 4.69) is 5.32 Å². The summed E-state index contributed by atoms with van der Waals surface area (Å²) in [6.07, 6.45) is 0.730. The fourth-order valence-electron chi connectivity index (χ4n) is 5.26. The van der Waals surface area contributed by atoms with Crippen molar-refractivity contribution in [1.82, 2.24) is 0 Å². The van der Waals surface area contributed by atoms with Gasteiger partial charge in [0.1, 0.15) is 11.7 Å². The van der Waals surface area contributed by atoms with Crippen LogP contribution in [0.2, 0.25) is 5.02 Å². The van der Waals surface area contributed by atoms with Gasteiger partial charge in [-0.1, -0.05) is 35.9 Å². The molecule has 1 fully saturated rings. The second-order valence-electron chi connectivity index (χ2n) is 8.63. The van der Waals surface area contributed by atoms with Crippen molar-refractivity contribution in [2.75, 3.05) is 0 Å². The van der Waals surface area contributed by atoms with Crippen molar-refractivity contribution in [2.24, 2.45) is 5.92 Å². The van der Waals surface area contributed by atoms with Gasteiger partial charge in [-0.05, 0) is 48.4 Å². The Morgan fingerprint density at radius 3 is 2.53 bits per heavy atom. The van der Waals surface area contributed by atoms with Crippen LogP contribution in [-0.4, -0.2) is 21.5 Å². The van der Waals surface area contributed by atoms with Gasteiger partial charge in [0.05, 0.1) is 21.2 Å². The Morgan fingerprint density at radius 2 is 1.82 bits per heavy atom. The molecule has 5 rings (SSSR count). The molecule has 174 valence electrons. The average Bonchev–Trinajstić information content (AvgIpc) is 3.15. The third kappa shape index (κ3) is 4.18. The predicted molar refractivity (Wildman–Crippen MR) is 130 cm³/mol. The second kappa shape index (κ2) is 9.23. The molecule has 5 atom stereocenters. The number of halogens is 2. The molecule has 9 heteroatoms. The first-order chi connectivity index (χ1) is 16.3. The fraction of sp³-hybridized carbons (Fsp3) is 0.240. The van der Waals surface area contributed by atoms with Gasteiger partial charge >= 0.3 is 0 Å². The second-order valence-corrected chi connectivity index (χ2v) is 10.8. The van der Waals surface area contributed by atoms with E-state index in [0.29, 0.717) is 9.92 Å². The number of carboxylic acids is 1. The van der Waals surface area contributed by atoms with Crippen LogP contribution in [0.25, 0.3) is 0 Å². The third-order valence-electron chi connectivity index (χ3n) is 6.76. The van der Waals surface area contributed by atoms with Gasteiger partial charge in [0.15, 0.2) is 0 Å². The molecule has 1 heterocycles. The number of para-hydroxylation sites is 1. The minimum Gasteiger partial charge on any atom is -0.545 e. The summed E-state index contributed by atoms with van der Waals surface area (Å²) < 4.78 is 0. The fourth-order valence-corrected chi connectivity index (χ4v) is 7.33. The molecule has 0 spiro atoms. The Labute approximate surface area is 210 Å². The van der Waals surface area contributed by atoms with Gasteiger partial charge in [-0.3, -0.25) is 10.1 Å². The lowest BCUT2D eigenvalue weighted by atomic mass is 9.77. The molecule has 3 aromatic rings. The molecular weight excluding hydrogens is 495 g/mol. The summed E-state index contributed by atoms with van der Waals surface area (Å²) in [5.74, 6) is -1.23. The number of nitrogens with two attached hydrogens (primary N) is 1. The average molecular weight is 515 g/mol. The molecule has 3 aromatic carbocycles. The summed E-state index contributed by atoms with van der Waals surface area (Å²) in [6, 6.07) is 19.5. The SMILES string of the molecule is O=C([O-])c1ccc2c(c1)C1C(Cl)C(Sc3ccccc3[N+](=O)[O-])CC1C(c1ccc(Cl)cc1)[NH2+]2. The smallest absolute Gasteiger partial charge is 0.282 e. The lowest BCUT2D eigenvalue weighted by molar-refractivity contribution is -0.632. The number of rotatable bonds is 5. The van der Waals surface area contributed by atoms with Crippen LogP contribution in [0.5, 0.6) is 0 Å². The molecule has 1 aliphatic carbocycles. The number of carboxylic acid groups (broad SMARTS) is 1. The number of fused-ring (bicyclic) bond motifs is 3. The third-order valence-corrected chi connectivity index (χ3v) is 9.13. The van der Waals surface area contributed by atoms with Crippen molar-refractivity contribution in [2.45, 2.75) is 33.9 Å². The number of thioether (sulfide) groups is 1. The van der Waals surface area contributed by atoms with Crippen molar-refractivity contribution < 1.29 is 20.1 Å². The lowest BCUT2D eigenvalue weighted by Crippen LogP contribution is -2.83. The first-order valence-corrected chi connectivity index (χ1v) is 12.5. The number of hydrogen-bond donors (Lipinski definition) is 1. The van der Waals surface area contributed by atoms with E-state index >= 15 is 0 Å². The van der Waals surface area contributed by atoms with Crippen LogP contribution < -0.4 is 10.4 Å². The first kappa shape index (κ1) is 23.2. The van der Waals surface area contributed by atoms with Crippen molar-refractivity contribution in [3.8, 4) is 0 Å². The topological polar surface area (TPSA) is 99.9 Å². The van der Waals surface area contributed by atoms with Gasteiger partial charge < -0.3 is 15.2 Å². The standard InChI is InChI=1S/C25H20Cl2N2O4S/c26-15-8-5-13(6-9-15)24-17-12-21(34-20-4-2-1-3-19(20)29(32)33)23(27)22(17)16-11-14(25(30)31)7-10-18(16)28-24/h1-11,17,21-24,28H,12H2,(H,30,31). The molecule has 1 aliphatic heterocycles. The largest absolute Gasteiger partial charge is 0.545 e. The molecule has 34 heavy (non-hydrogen) atoms. The Balaban J connectivity index is 1.55. The molecule has 2 aliphatic rings. The number of quaternary nitrogens is 1. The van der Waals surface area contributed by atoms with E-state index < -0.39 is 5.97 Å². The number of nitro benzene ring substituents is 1. The molecule has 0 saturated heterocycles. The van der Waals surface area contributed by atoms with Crippen LogP contribution in [-0.2, 0) is 0 Å². The molecule has 0 radical (unpaired) electrons. The number of alkyl halides is 1. The maximum atomic E-state index is 11.6. The predicted octanol–water partition coefficient (Wildman–Crippen LogP) is 4.43. The number of hydrogen-bond acceptors (Lipinski definition) is 5. The van der Waals surface area contributed by atoms with Crippen LogP contribution in [0.1, 0.15) is 39.9 Å². The quantitative estimate of drug-likeness (QED) is 0.235. The summed E-state index contributed by atoms with van der Waals surface area (Å²) in [6.45, 7) is 0. The molecule has 0 aromatic heterocycles. The zero-order valence-corrected chi connectivity index (χ0v) is 20.1. The van der Waals surface area contributed by atoms with Crippen molar-refractivity contribution in [1.29, 1.82) is 0 Å².